The molecule has 1 N–H and O–H groups in total. The molecule has 0 unspecified atom stereocenters. The number of hydrogen-bond donors (Lipinski definition) is 1. The van der Waals surface area contributed by atoms with Crippen LogP contribution in [-0.2, 0) is 11.3 Å². The molecule has 0 bridgehead atoms. The largest absolute Gasteiger partial charge is 0.377 e. The SMILES string of the molecule is CCOCc1ccc(-c2nc3sc(C)c(C)c3c(=O)[nH]2)cc1. The third kappa shape index (κ3) is 2.69. The van der Waals surface area contributed by atoms with Gasteiger partial charge in [-0.05, 0) is 31.9 Å². The van der Waals surface area contributed by atoms with Crippen LogP contribution in [0.2, 0.25) is 0 Å². The molecule has 0 spiro atoms. The average Bonchev–Trinajstić information content (AvgIpc) is 2.81. The Hall–Kier alpha value is -1.98. The number of fused-ring (bicyclic) bond motifs is 1. The van der Waals surface area contributed by atoms with E-state index in [2.05, 4.69) is 9.97 Å². The molecule has 2 heterocycles. The molecule has 0 aliphatic rings. The minimum Gasteiger partial charge on any atom is -0.377 e. The van der Waals surface area contributed by atoms with Crippen molar-refractivity contribution in [1.82, 2.24) is 9.97 Å². The van der Waals surface area contributed by atoms with Gasteiger partial charge in [-0.25, -0.2) is 4.98 Å². The fourth-order valence-electron chi connectivity index (χ4n) is 2.37. The molecule has 114 valence electrons. The second-order valence-electron chi connectivity index (χ2n) is 5.21. The summed E-state index contributed by atoms with van der Waals surface area (Å²) in [6, 6.07) is 7.93. The van der Waals surface area contributed by atoms with Crippen LogP contribution in [0.1, 0.15) is 22.9 Å². The van der Waals surface area contributed by atoms with Gasteiger partial charge in [-0.15, -0.1) is 11.3 Å². The maximum atomic E-state index is 12.3. The maximum absolute atomic E-state index is 12.3. The van der Waals surface area contributed by atoms with Crippen molar-refractivity contribution >= 4 is 21.6 Å². The molecule has 3 aromatic rings. The predicted molar refractivity (Wildman–Crippen MR) is 90.5 cm³/mol. The standard InChI is InChI=1S/C17H18N2O2S/c1-4-21-9-12-5-7-13(8-6-12)15-18-16(20)14-10(2)11(3)22-17(14)19-15/h5-8H,4,9H2,1-3H3,(H,18,19,20). The van der Waals surface area contributed by atoms with E-state index in [1.165, 1.54) is 0 Å². The number of ether oxygens (including phenoxy) is 1. The van der Waals surface area contributed by atoms with E-state index in [1.54, 1.807) is 11.3 Å². The van der Waals surface area contributed by atoms with Gasteiger partial charge in [-0.3, -0.25) is 4.79 Å². The Morgan fingerprint density at radius 2 is 1.95 bits per heavy atom. The molecule has 22 heavy (non-hydrogen) atoms. The molecule has 1 aromatic carbocycles. The quantitative estimate of drug-likeness (QED) is 0.797. The number of nitrogens with one attached hydrogen (secondary N) is 1. The Balaban J connectivity index is 2.01. The van der Waals surface area contributed by atoms with E-state index < -0.39 is 0 Å². The first-order chi connectivity index (χ1) is 10.6. The molecule has 5 heteroatoms. The van der Waals surface area contributed by atoms with E-state index in [1.807, 2.05) is 45.0 Å². The van der Waals surface area contributed by atoms with Crippen molar-refractivity contribution in [3.8, 4) is 11.4 Å². The second-order valence-corrected chi connectivity index (χ2v) is 6.42. The predicted octanol–water partition coefficient (Wildman–Crippen LogP) is 3.80. The van der Waals surface area contributed by atoms with E-state index in [9.17, 15) is 4.79 Å². The van der Waals surface area contributed by atoms with Gasteiger partial charge in [0.1, 0.15) is 10.7 Å². The number of aromatic nitrogens is 2. The van der Waals surface area contributed by atoms with Crippen LogP contribution in [0.15, 0.2) is 29.1 Å². The number of aryl methyl sites for hydroxylation is 2. The van der Waals surface area contributed by atoms with E-state index in [0.717, 1.165) is 26.4 Å². The summed E-state index contributed by atoms with van der Waals surface area (Å²) in [4.78, 5) is 21.7. The van der Waals surface area contributed by atoms with Crippen LogP contribution in [0.5, 0.6) is 0 Å². The van der Waals surface area contributed by atoms with Crippen LogP contribution in [0, 0.1) is 13.8 Å². The fourth-order valence-corrected chi connectivity index (χ4v) is 3.40. The van der Waals surface area contributed by atoms with Gasteiger partial charge < -0.3 is 9.72 Å². The molecule has 0 aliphatic heterocycles. The van der Waals surface area contributed by atoms with E-state index in [0.29, 0.717) is 24.4 Å². The Morgan fingerprint density at radius 1 is 1.23 bits per heavy atom. The van der Waals surface area contributed by atoms with E-state index >= 15 is 0 Å². The van der Waals surface area contributed by atoms with Crippen LogP contribution in [0.4, 0.5) is 0 Å². The summed E-state index contributed by atoms with van der Waals surface area (Å²) in [7, 11) is 0. The van der Waals surface area contributed by atoms with Crippen LogP contribution in [0.25, 0.3) is 21.6 Å². The molecule has 2 aromatic heterocycles. The van der Waals surface area contributed by atoms with Crippen LogP contribution < -0.4 is 5.56 Å². The summed E-state index contributed by atoms with van der Waals surface area (Å²) in [6.07, 6.45) is 0. The number of benzene rings is 1. The lowest BCUT2D eigenvalue weighted by molar-refractivity contribution is 0.134. The molecule has 0 saturated heterocycles. The highest BCUT2D eigenvalue weighted by Crippen LogP contribution is 2.27. The maximum Gasteiger partial charge on any atom is 0.260 e. The molecule has 0 radical (unpaired) electrons. The molecule has 0 atom stereocenters. The average molecular weight is 314 g/mol. The van der Waals surface area contributed by atoms with Crippen molar-refractivity contribution in [2.75, 3.05) is 6.61 Å². The van der Waals surface area contributed by atoms with Crippen molar-refractivity contribution in [1.29, 1.82) is 0 Å². The molecule has 0 aliphatic carbocycles. The lowest BCUT2D eigenvalue weighted by atomic mass is 10.1. The first-order valence-electron chi connectivity index (χ1n) is 7.27. The third-order valence-corrected chi connectivity index (χ3v) is 4.84. The van der Waals surface area contributed by atoms with Crippen LogP contribution >= 0.6 is 11.3 Å². The summed E-state index contributed by atoms with van der Waals surface area (Å²) >= 11 is 1.56. The van der Waals surface area contributed by atoms with E-state index in [4.69, 9.17) is 4.74 Å². The second kappa shape index (κ2) is 6.02. The van der Waals surface area contributed by atoms with Gasteiger partial charge in [0.25, 0.3) is 5.56 Å². The minimum atomic E-state index is -0.0692. The van der Waals surface area contributed by atoms with Gasteiger partial charge >= 0.3 is 0 Å². The zero-order valence-corrected chi connectivity index (χ0v) is 13.7. The zero-order valence-electron chi connectivity index (χ0n) is 12.9. The van der Waals surface area contributed by atoms with E-state index in [-0.39, 0.29) is 5.56 Å². The highest BCUT2D eigenvalue weighted by atomic mass is 32.1. The number of H-pyrrole nitrogens is 1. The molecular weight excluding hydrogens is 296 g/mol. The normalized spacial score (nSPS) is 11.2. The number of rotatable bonds is 4. The highest BCUT2D eigenvalue weighted by Gasteiger charge is 2.12. The van der Waals surface area contributed by atoms with Crippen molar-refractivity contribution in [2.45, 2.75) is 27.4 Å². The molecule has 3 rings (SSSR count). The first kappa shape index (κ1) is 14.9. The van der Waals surface area contributed by atoms with Gasteiger partial charge in [-0.2, -0.15) is 0 Å². The zero-order chi connectivity index (χ0) is 15.7. The van der Waals surface area contributed by atoms with Crippen LogP contribution in [0.3, 0.4) is 0 Å². The van der Waals surface area contributed by atoms with Gasteiger partial charge in [0.05, 0.1) is 12.0 Å². The Kier molecular flexibility index (Phi) is 4.09. The number of nitrogens with zero attached hydrogens (tertiary/aromatic N) is 1. The van der Waals surface area contributed by atoms with Gasteiger partial charge in [0.15, 0.2) is 0 Å². The highest BCUT2D eigenvalue weighted by molar-refractivity contribution is 7.18. The molecule has 0 saturated carbocycles. The minimum absolute atomic E-state index is 0.0692. The van der Waals surface area contributed by atoms with Crippen molar-refractivity contribution in [2.24, 2.45) is 0 Å². The fraction of sp³-hybridized carbons (Fsp3) is 0.294. The Morgan fingerprint density at radius 3 is 2.64 bits per heavy atom. The van der Waals surface area contributed by atoms with Crippen molar-refractivity contribution in [3.05, 3.63) is 50.6 Å². The first-order valence-corrected chi connectivity index (χ1v) is 8.09. The van der Waals surface area contributed by atoms with Gasteiger partial charge in [0, 0.05) is 17.0 Å². The topological polar surface area (TPSA) is 55.0 Å². The monoisotopic (exact) mass is 314 g/mol. The smallest absolute Gasteiger partial charge is 0.260 e. The molecule has 0 amide bonds. The lowest BCUT2D eigenvalue weighted by Gasteiger charge is -2.04. The van der Waals surface area contributed by atoms with Crippen molar-refractivity contribution in [3.63, 3.8) is 0 Å². The number of thiophene rings is 1. The summed E-state index contributed by atoms with van der Waals surface area (Å²) in [5.41, 5.74) is 2.97. The van der Waals surface area contributed by atoms with Crippen LogP contribution in [-0.4, -0.2) is 16.6 Å². The Bertz CT molecular complexity index is 863. The summed E-state index contributed by atoms with van der Waals surface area (Å²) in [5.74, 6) is 0.613. The van der Waals surface area contributed by atoms with Crippen molar-refractivity contribution < 1.29 is 4.74 Å². The summed E-state index contributed by atoms with van der Waals surface area (Å²) < 4.78 is 5.39. The molecule has 4 nitrogen and oxygen atoms in total. The molecular formula is C17H18N2O2S. The summed E-state index contributed by atoms with van der Waals surface area (Å²) in [5, 5.41) is 0.708. The lowest BCUT2D eigenvalue weighted by Crippen LogP contribution is -2.09. The Labute approximate surface area is 132 Å². The van der Waals surface area contributed by atoms with Gasteiger partial charge in [-0.1, -0.05) is 24.3 Å². The molecule has 0 fully saturated rings. The number of aromatic amines is 1. The number of hydrogen-bond acceptors (Lipinski definition) is 4. The summed E-state index contributed by atoms with van der Waals surface area (Å²) in [6.45, 7) is 7.26. The third-order valence-electron chi connectivity index (χ3n) is 3.74. The van der Waals surface area contributed by atoms with Gasteiger partial charge in [0.2, 0.25) is 0 Å².